The maximum Gasteiger partial charge on any atom is 0.319 e. The lowest BCUT2D eigenvalue weighted by Crippen LogP contribution is -2.36. The zero-order valence-electron chi connectivity index (χ0n) is 13.2. The summed E-state index contributed by atoms with van der Waals surface area (Å²) in [5, 5.41) is 10.8. The van der Waals surface area contributed by atoms with Crippen LogP contribution < -0.4 is 10.6 Å². The standard InChI is InChI=1S/C17H22N4OS/c1-23-16-8-7-15(11-16)20-17(22)19-14-5-3-13(4-6-14)12-21-10-2-9-18-21/h2-6,9-10,15-16H,7-8,11-12H2,1H3,(H2,19,20,22)/t15-,16-/m0/s1. The van der Waals surface area contributed by atoms with E-state index in [2.05, 4.69) is 22.0 Å². The number of aromatic nitrogens is 2. The first kappa shape index (κ1) is 15.9. The maximum absolute atomic E-state index is 12.1. The minimum absolute atomic E-state index is 0.114. The number of nitrogens with zero attached hydrogens (tertiary/aromatic N) is 2. The zero-order chi connectivity index (χ0) is 16.1. The molecule has 0 unspecified atom stereocenters. The largest absolute Gasteiger partial charge is 0.335 e. The Kier molecular flexibility index (Phi) is 5.23. The fourth-order valence-electron chi connectivity index (χ4n) is 2.91. The molecule has 2 aromatic rings. The Morgan fingerprint density at radius 2 is 2.17 bits per heavy atom. The highest BCUT2D eigenvalue weighted by molar-refractivity contribution is 7.99. The molecule has 2 N–H and O–H groups in total. The van der Waals surface area contributed by atoms with Crippen LogP contribution in [0.4, 0.5) is 10.5 Å². The van der Waals surface area contributed by atoms with Crippen molar-refractivity contribution >= 4 is 23.5 Å². The predicted molar refractivity (Wildman–Crippen MR) is 94.9 cm³/mol. The average molecular weight is 330 g/mol. The number of carbonyl (C=O) groups excluding carboxylic acids is 1. The van der Waals surface area contributed by atoms with Gasteiger partial charge >= 0.3 is 6.03 Å². The molecular formula is C17H22N4OS. The van der Waals surface area contributed by atoms with Gasteiger partial charge in [0.05, 0.1) is 6.54 Å². The molecule has 0 bridgehead atoms. The Bertz CT molecular complexity index is 627. The van der Waals surface area contributed by atoms with Crippen molar-refractivity contribution in [1.29, 1.82) is 0 Å². The summed E-state index contributed by atoms with van der Waals surface area (Å²) in [5.74, 6) is 0. The summed E-state index contributed by atoms with van der Waals surface area (Å²) in [4.78, 5) is 12.1. The van der Waals surface area contributed by atoms with Crippen molar-refractivity contribution in [2.45, 2.75) is 37.1 Å². The summed E-state index contributed by atoms with van der Waals surface area (Å²) in [6.07, 6.45) is 9.17. The molecular weight excluding hydrogens is 308 g/mol. The Morgan fingerprint density at radius 1 is 1.35 bits per heavy atom. The van der Waals surface area contributed by atoms with Crippen molar-refractivity contribution < 1.29 is 4.79 Å². The van der Waals surface area contributed by atoms with E-state index in [9.17, 15) is 4.79 Å². The van der Waals surface area contributed by atoms with Crippen LogP contribution in [0.25, 0.3) is 0 Å². The highest BCUT2D eigenvalue weighted by atomic mass is 32.2. The van der Waals surface area contributed by atoms with Crippen LogP contribution in [0.15, 0.2) is 42.7 Å². The molecule has 6 heteroatoms. The maximum atomic E-state index is 12.1. The van der Waals surface area contributed by atoms with Crippen molar-refractivity contribution in [3.63, 3.8) is 0 Å². The highest BCUT2D eigenvalue weighted by Gasteiger charge is 2.24. The molecule has 1 fully saturated rings. The number of nitrogens with one attached hydrogen (secondary N) is 2. The van der Waals surface area contributed by atoms with Gasteiger partial charge in [-0.3, -0.25) is 4.68 Å². The number of hydrogen-bond acceptors (Lipinski definition) is 3. The lowest BCUT2D eigenvalue weighted by molar-refractivity contribution is 0.248. The first-order valence-electron chi connectivity index (χ1n) is 7.89. The summed E-state index contributed by atoms with van der Waals surface area (Å²) in [6, 6.07) is 9.97. The Hall–Kier alpha value is -1.95. The Labute approximate surface area is 140 Å². The molecule has 0 saturated heterocycles. The fraction of sp³-hybridized carbons (Fsp3) is 0.412. The van der Waals surface area contributed by atoms with E-state index in [0.717, 1.165) is 30.6 Å². The van der Waals surface area contributed by atoms with E-state index in [0.29, 0.717) is 11.3 Å². The second kappa shape index (κ2) is 7.55. The van der Waals surface area contributed by atoms with Gasteiger partial charge in [0.15, 0.2) is 0 Å². The van der Waals surface area contributed by atoms with Crippen molar-refractivity contribution in [2.24, 2.45) is 0 Å². The number of benzene rings is 1. The van der Waals surface area contributed by atoms with Gasteiger partial charge < -0.3 is 10.6 Å². The molecule has 0 aliphatic heterocycles. The topological polar surface area (TPSA) is 59.0 Å². The molecule has 1 aliphatic carbocycles. The Balaban J connectivity index is 1.49. The molecule has 5 nitrogen and oxygen atoms in total. The lowest BCUT2D eigenvalue weighted by atomic mass is 10.2. The molecule has 0 spiro atoms. The molecule has 0 radical (unpaired) electrons. The van der Waals surface area contributed by atoms with Crippen LogP contribution in [0.2, 0.25) is 0 Å². The van der Waals surface area contributed by atoms with Crippen LogP contribution in [0.1, 0.15) is 24.8 Å². The third-order valence-electron chi connectivity index (χ3n) is 4.17. The summed E-state index contributed by atoms with van der Waals surface area (Å²) in [5.41, 5.74) is 1.96. The third-order valence-corrected chi connectivity index (χ3v) is 5.26. The van der Waals surface area contributed by atoms with Gasteiger partial charge in [-0.2, -0.15) is 16.9 Å². The number of amides is 2. The number of hydrogen-bond donors (Lipinski definition) is 2. The molecule has 3 rings (SSSR count). The molecule has 1 aromatic carbocycles. The van der Waals surface area contributed by atoms with Gasteiger partial charge in [0.2, 0.25) is 0 Å². The van der Waals surface area contributed by atoms with Crippen molar-refractivity contribution in [1.82, 2.24) is 15.1 Å². The SMILES string of the molecule is CS[C@H]1CC[C@H](NC(=O)Nc2ccc(Cn3cccn3)cc2)C1. The van der Waals surface area contributed by atoms with Crippen molar-refractivity contribution in [3.05, 3.63) is 48.3 Å². The molecule has 23 heavy (non-hydrogen) atoms. The third kappa shape index (κ3) is 4.51. The molecule has 2 atom stereocenters. The summed E-state index contributed by atoms with van der Waals surface area (Å²) in [7, 11) is 0. The van der Waals surface area contributed by atoms with Gasteiger partial charge in [-0.05, 0) is 49.3 Å². The minimum Gasteiger partial charge on any atom is -0.335 e. The van der Waals surface area contributed by atoms with Gasteiger partial charge in [-0.25, -0.2) is 4.79 Å². The monoisotopic (exact) mass is 330 g/mol. The number of carbonyl (C=O) groups is 1. The van der Waals surface area contributed by atoms with Gasteiger partial charge in [-0.15, -0.1) is 0 Å². The second-order valence-corrected chi connectivity index (χ2v) is 7.00. The molecule has 1 aromatic heterocycles. The Morgan fingerprint density at radius 3 is 2.83 bits per heavy atom. The van der Waals surface area contributed by atoms with Gasteiger partial charge in [-0.1, -0.05) is 12.1 Å². The quantitative estimate of drug-likeness (QED) is 0.884. The van der Waals surface area contributed by atoms with Gasteiger partial charge in [0, 0.05) is 29.4 Å². The molecule has 122 valence electrons. The first-order valence-corrected chi connectivity index (χ1v) is 9.18. The van der Waals surface area contributed by atoms with Crippen LogP contribution in [-0.4, -0.2) is 33.4 Å². The van der Waals surface area contributed by atoms with Crippen molar-refractivity contribution in [2.75, 3.05) is 11.6 Å². The van der Waals surface area contributed by atoms with Crippen LogP contribution in [-0.2, 0) is 6.54 Å². The van der Waals surface area contributed by atoms with E-state index in [-0.39, 0.29) is 6.03 Å². The molecule has 1 aliphatic rings. The number of urea groups is 1. The number of rotatable bonds is 5. The molecule has 1 saturated carbocycles. The zero-order valence-corrected chi connectivity index (χ0v) is 14.1. The average Bonchev–Trinajstić information content (AvgIpc) is 3.21. The lowest BCUT2D eigenvalue weighted by Gasteiger charge is -2.14. The molecule has 2 amide bonds. The smallest absolute Gasteiger partial charge is 0.319 e. The summed E-state index contributed by atoms with van der Waals surface area (Å²) >= 11 is 1.89. The second-order valence-electron chi connectivity index (χ2n) is 5.87. The predicted octanol–water partition coefficient (Wildman–Crippen LogP) is 3.34. The number of thioether (sulfide) groups is 1. The van der Waals surface area contributed by atoms with Crippen LogP contribution in [0.5, 0.6) is 0 Å². The van der Waals surface area contributed by atoms with Crippen LogP contribution in [0.3, 0.4) is 0 Å². The highest BCUT2D eigenvalue weighted by Crippen LogP contribution is 2.28. The normalized spacial score (nSPS) is 20.4. The van der Waals surface area contributed by atoms with E-state index in [1.807, 2.05) is 53.0 Å². The molecule has 1 heterocycles. The van der Waals surface area contributed by atoms with E-state index in [4.69, 9.17) is 0 Å². The van der Waals surface area contributed by atoms with E-state index in [1.165, 1.54) is 6.42 Å². The van der Waals surface area contributed by atoms with Gasteiger partial charge in [0.1, 0.15) is 0 Å². The minimum atomic E-state index is -0.114. The number of anilines is 1. The first-order chi connectivity index (χ1) is 11.2. The fourth-order valence-corrected chi connectivity index (χ4v) is 3.71. The van der Waals surface area contributed by atoms with E-state index >= 15 is 0 Å². The van der Waals surface area contributed by atoms with Crippen LogP contribution >= 0.6 is 11.8 Å². The van der Waals surface area contributed by atoms with Gasteiger partial charge in [0.25, 0.3) is 0 Å². The van der Waals surface area contributed by atoms with Crippen molar-refractivity contribution in [3.8, 4) is 0 Å². The van der Waals surface area contributed by atoms with Crippen LogP contribution in [0, 0.1) is 0 Å². The summed E-state index contributed by atoms with van der Waals surface area (Å²) < 4.78 is 1.87. The van der Waals surface area contributed by atoms with E-state index in [1.54, 1.807) is 6.20 Å². The van der Waals surface area contributed by atoms with E-state index < -0.39 is 0 Å². The summed E-state index contributed by atoms with van der Waals surface area (Å²) in [6.45, 7) is 0.734.